The summed E-state index contributed by atoms with van der Waals surface area (Å²) in [4.78, 5) is 51.0. The highest BCUT2D eigenvalue weighted by Crippen LogP contribution is 2.49. The summed E-state index contributed by atoms with van der Waals surface area (Å²) in [6.07, 6.45) is 11.6. The summed E-state index contributed by atoms with van der Waals surface area (Å²) in [6.45, 7) is 3.47. The fourth-order valence-electron chi connectivity index (χ4n) is 12.9. The summed E-state index contributed by atoms with van der Waals surface area (Å²) >= 11 is 0. The molecule has 0 spiro atoms. The number of ether oxygens (including phenoxy) is 7. The number of carbonyl (C=O) groups is 3. The number of phosphoric ester groups is 1. The van der Waals surface area contributed by atoms with Crippen LogP contribution in [0.5, 0.6) is 0 Å². The molecule has 1 saturated carbocycles. The Hall–Kier alpha value is -2.04. The van der Waals surface area contributed by atoms with Gasteiger partial charge < -0.3 is 89.1 Å². The maximum Gasteiger partial charge on any atom is 0.472 e. The Balaban J connectivity index is 1.72. The zero-order valence-electron chi connectivity index (χ0n) is 59.6. The van der Waals surface area contributed by atoms with Gasteiger partial charge in [0.05, 0.1) is 13.2 Å². The molecule has 2 aliphatic heterocycles. The third-order valence-electron chi connectivity index (χ3n) is 19.1. The van der Waals surface area contributed by atoms with Crippen LogP contribution in [0, 0.1) is 0 Å². The van der Waals surface area contributed by atoms with Crippen molar-refractivity contribution >= 4 is 25.7 Å². The van der Waals surface area contributed by atoms with E-state index >= 15 is 0 Å². The van der Waals surface area contributed by atoms with Crippen molar-refractivity contribution in [3.63, 3.8) is 0 Å². The van der Waals surface area contributed by atoms with Crippen LogP contribution in [0.3, 0.4) is 0 Å². The Bertz CT molecular complexity index is 2010. The largest absolute Gasteiger partial charge is 0.472 e. The van der Waals surface area contributed by atoms with E-state index in [1.54, 1.807) is 0 Å². The van der Waals surface area contributed by atoms with Crippen molar-refractivity contribution in [1.82, 2.24) is 0 Å². The minimum atomic E-state index is -5.69. The molecule has 3 aliphatic rings. The summed E-state index contributed by atoms with van der Waals surface area (Å²) in [5.74, 6) is -1.97. The van der Waals surface area contributed by atoms with Gasteiger partial charge in [-0.05, 0) is 19.3 Å². The molecule has 18 unspecified atom stereocenters. The topological polar surface area (TPSA) is 374 Å². The number of aliphatic hydroxyl groups excluding tert-OH is 10. The molecule has 18 atom stereocenters. The third-order valence-corrected chi connectivity index (χ3v) is 20.1. The smallest absolute Gasteiger partial charge is 0.463 e. The first-order chi connectivity index (χ1) is 46.8. The molecule has 25 heteroatoms. The zero-order chi connectivity index (χ0) is 71.1. The molecule has 0 aromatic heterocycles. The van der Waals surface area contributed by atoms with E-state index in [-0.39, 0.29) is 19.3 Å². The molecule has 0 aromatic carbocycles. The van der Waals surface area contributed by atoms with E-state index < -0.39 is 156 Å². The molecule has 24 nitrogen and oxygen atoms in total. The number of aliphatic hydroxyl groups is 10. The number of hydrogen-bond acceptors (Lipinski definition) is 23. The quantitative estimate of drug-likeness (QED) is 0.0117. The third kappa shape index (κ3) is 37.8. The van der Waals surface area contributed by atoms with Gasteiger partial charge >= 0.3 is 25.7 Å². The van der Waals surface area contributed by atoms with Gasteiger partial charge in [-0.2, -0.15) is 0 Å². The zero-order valence-corrected chi connectivity index (χ0v) is 60.5. The van der Waals surface area contributed by atoms with Crippen LogP contribution in [0.2, 0.25) is 0 Å². The van der Waals surface area contributed by atoms with Gasteiger partial charge in [0.25, 0.3) is 0 Å². The summed E-state index contributed by atoms with van der Waals surface area (Å²) < 4.78 is 65.0. The molecule has 0 radical (unpaired) electrons. The molecule has 0 aromatic rings. The normalized spacial score (nSPS) is 27.7. The lowest BCUT2D eigenvalue weighted by atomic mass is 9.84. The van der Waals surface area contributed by atoms with Crippen LogP contribution in [0.4, 0.5) is 0 Å². The molecule has 0 amide bonds. The number of rotatable bonds is 60. The molecule has 97 heavy (non-hydrogen) atoms. The van der Waals surface area contributed by atoms with Crippen LogP contribution in [0.15, 0.2) is 0 Å². The summed E-state index contributed by atoms with van der Waals surface area (Å²) in [6, 6.07) is 0. The van der Waals surface area contributed by atoms with E-state index in [2.05, 4.69) is 20.8 Å². The lowest BCUT2D eigenvalue weighted by Gasteiger charge is -2.49. The molecule has 1 aliphatic carbocycles. The maximum absolute atomic E-state index is 14.3. The van der Waals surface area contributed by atoms with E-state index in [9.17, 15) is 74.9 Å². The van der Waals surface area contributed by atoms with Gasteiger partial charge in [0.1, 0.15) is 98.7 Å². The number of hydrogen-bond donors (Lipinski definition) is 11. The standard InChI is InChI=1S/C72H135O24P/c1-4-7-10-13-16-19-22-25-27-28-30-32-35-38-41-44-47-57(75)89-52-55-60(78)62(80)67(85)72(93-55)95-69-65(83)63(81)64(82)68(94-71-66(84)61(79)59(77)54(49-73)92-71)70(69)96-97(86,87)90-51-53(50-88-56(74)46-43-40-37-34-31-24-21-18-15-12-9-6-3)91-58(76)48-45-42-39-36-33-29-26-23-20-17-14-11-8-5-2/h53-55,59-73,77-85H,4-52H2,1-3H3,(H,86,87). The van der Waals surface area contributed by atoms with Gasteiger partial charge in [0, 0.05) is 19.3 Å². The second-order valence-electron chi connectivity index (χ2n) is 27.7. The van der Waals surface area contributed by atoms with Crippen molar-refractivity contribution in [3.8, 4) is 0 Å². The second kappa shape index (κ2) is 54.6. The molecule has 3 fully saturated rings. The van der Waals surface area contributed by atoms with Gasteiger partial charge in [-0.1, -0.05) is 271 Å². The fourth-order valence-corrected chi connectivity index (χ4v) is 13.8. The molecule has 2 heterocycles. The second-order valence-corrected chi connectivity index (χ2v) is 29.1. The average Bonchev–Trinajstić information content (AvgIpc) is 0.764. The highest BCUT2D eigenvalue weighted by molar-refractivity contribution is 7.47. The lowest BCUT2D eigenvalue weighted by Crippen LogP contribution is -2.69. The predicted molar refractivity (Wildman–Crippen MR) is 365 cm³/mol. The van der Waals surface area contributed by atoms with Gasteiger partial charge in [0.2, 0.25) is 0 Å². The number of phosphoric acid groups is 1. The van der Waals surface area contributed by atoms with Crippen molar-refractivity contribution in [2.45, 2.75) is 414 Å². The summed E-state index contributed by atoms with van der Waals surface area (Å²) in [7, 11) is -5.69. The van der Waals surface area contributed by atoms with Gasteiger partial charge in [-0.15, -0.1) is 0 Å². The van der Waals surface area contributed by atoms with Gasteiger partial charge in [0.15, 0.2) is 18.7 Å². The summed E-state index contributed by atoms with van der Waals surface area (Å²) in [5.41, 5.74) is 0. The van der Waals surface area contributed by atoms with Crippen molar-refractivity contribution < 1.29 is 117 Å². The first kappa shape index (κ1) is 89.2. The van der Waals surface area contributed by atoms with Crippen LogP contribution in [0.25, 0.3) is 0 Å². The molecule has 2 saturated heterocycles. The van der Waals surface area contributed by atoms with Crippen molar-refractivity contribution in [1.29, 1.82) is 0 Å². The van der Waals surface area contributed by atoms with Crippen LogP contribution < -0.4 is 0 Å². The minimum absolute atomic E-state index is 0.0333. The SMILES string of the molecule is CCCCCCCCCCCCCCCCCCC(=O)OCC1OC(OC2C(O)C(O)C(O)C(OC3OC(CO)C(O)C(O)C3O)C2OP(=O)(O)OCC(COC(=O)CCCCCCCCCCCCCC)OC(=O)CCCCCCCCCCCCCCCC)C(O)C(O)C1O. The Morgan fingerprint density at radius 2 is 0.660 bits per heavy atom. The van der Waals surface area contributed by atoms with Gasteiger partial charge in [-0.25, -0.2) is 4.57 Å². The highest BCUT2D eigenvalue weighted by Gasteiger charge is 2.58. The van der Waals surface area contributed by atoms with E-state index in [1.165, 1.54) is 154 Å². The van der Waals surface area contributed by atoms with Gasteiger partial charge in [-0.3, -0.25) is 23.4 Å². The minimum Gasteiger partial charge on any atom is -0.463 e. The number of unbranched alkanes of at least 4 members (excludes halogenated alkanes) is 39. The van der Waals surface area contributed by atoms with E-state index in [1.807, 2.05) is 0 Å². The van der Waals surface area contributed by atoms with E-state index in [0.717, 1.165) is 96.3 Å². The van der Waals surface area contributed by atoms with Crippen molar-refractivity contribution in [3.05, 3.63) is 0 Å². The van der Waals surface area contributed by atoms with Crippen LogP contribution in [0.1, 0.15) is 310 Å². The monoisotopic (exact) mass is 1410 g/mol. The molecule has 11 N–H and O–H groups in total. The van der Waals surface area contributed by atoms with Crippen molar-refractivity contribution in [2.75, 3.05) is 26.4 Å². The molecule has 572 valence electrons. The molecular formula is C72H135O24P. The highest BCUT2D eigenvalue weighted by atomic mass is 31.2. The Kier molecular flexibility index (Phi) is 50.2. The number of esters is 3. The predicted octanol–water partition coefficient (Wildman–Crippen LogP) is 10.6. The molecule has 0 bridgehead atoms. The van der Waals surface area contributed by atoms with E-state index in [0.29, 0.717) is 19.3 Å². The Morgan fingerprint density at radius 1 is 0.361 bits per heavy atom. The average molecular weight is 1420 g/mol. The van der Waals surface area contributed by atoms with Crippen molar-refractivity contribution in [2.24, 2.45) is 0 Å². The molecular weight excluding hydrogens is 1280 g/mol. The van der Waals surface area contributed by atoms with E-state index in [4.69, 9.17) is 42.2 Å². The fraction of sp³-hybridized carbons (Fsp3) is 0.958. The van der Waals surface area contributed by atoms with Crippen LogP contribution in [-0.4, -0.2) is 204 Å². The summed E-state index contributed by atoms with van der Waals surface area (Å²) in [5, 5.41) is 110. The first-order valence-corrected chi connectivity index (χ1v) is 39.8. The van der Waals surface area contributed by atoms with Crippen LogP contribution >= 0.6 is 7.82 Å². The first-order valence-electron chi connectivity index (χ1n) is 38.3. The van der Waals surface area contributed by atoms with Crippen LogP contribution in [-0.2, 0) is 61.2 Å². The maximum atomic E-state index is 14.3. The Morgan fingerprint density at radius 3 is 1.01 bits per heavy atom. The molecule has 3 rings (SSSR count). The number of carbonyl (C=O) groups excluding carboxylic acids is 3. The lowest BCUT2D eigenvalue weighted by molar-refractivity contribution is -0.360. The Labute approximate surface area is 580 Å².